The lowest BCUT2D eigenvalue weighted by Gasteiger charge is -2.15. The Morgan fingerprint density at radius 3 is 2.73 bits per heavy atom. The number of fused-ring (bicyclic) bond motifs is 1. The number of aryl methyl sites for hydroxylation is 1. The number of rotatable bonds is 5. The van der Waals surface area contributed by atoms with Crippen molar-refractivity contribution in [3.8, 4) is 0 Å². The number of carbonyl (C=O) groups is 1. The van der Waals surface area contributed by atoms with Crippen molar-refractivity contribution in [1.29, 1.82) is 0 Å². The summed E-state index contributed by atoms with van der Waals surface area (Å²) >= 11 is 0. The van der Waals surface area contributed by atoms with E-state index in [0.29, 0.717) is 12.2 Å². The van der Waals surface area contributed by atoms with Crippen molar-refractivity contribution in [2.24, 2.45) is 7.05 Å². The topological polar surface area (TPSA) is 68.3 Å². The molecule has 3 heterocycles. The van der Waals surface area contributed by atoms with E-state index in [1.807, 2.05) is 6.20 Å². The Morgan fingerprint density at radius 1 is 1.35 bits per heavy atom. The Morgan fingerprint density at radius 2 is 2.12 bits per heavy atom. The molecule has 0 radical (unpaired) electrons. The average Bonchev–Trinajstić information content (AvgIpc) is 3.25. The summed E-state index contributed by atoms with van der Waals surface area (Å²) in [7, 11) is 3.45. The molecule has 4 rings (SSSR count). The van der Waals surface area contributed by atoms with E-state index in [9.17, 15) is 13.6 Å². The molecule has 0 aliphatic heterocycles. The van der Waals surface area contributed by atoms with Crippen molar-refractivity contribution >= 4 is 11.6 Å². The number of amides is 1. The molecule has 0 N–H and O–H groups in total. The predicted octanol–water partition coefficient (Wildman–Crippen LogP) is 2.55. The zero-order valence-corrected chi connectivity index (χ0v) is 14.4. The first kappa shape index (κ1) is 16.6. The fourth-order valence-corrected chi connectivity index (χ4v) is 3.01. The number of hydrogen-bond acceptors (Lipinski definition) is 4. The summed E-state index contributed by atoms with van der Waals surface area (Å²) in [6, 6.07) is 1.40. The molecule has 1 amide bonds. The molecule has 136 valence electrons. The van der Waals surface area contributed by atoms with Crippen LogP contribution in [0.5, 0.6) is 0 Å². The maximum absolute atomic E-state index is 13.4. The number of alkyl halides is 2. The van der Waals surface area contributed by atoms with Crippen LogP contribution in [-0.4, -0.2) is 42.2 Å². The summed E-state index contributed by atoms with van der Waals surface area (Å²) in [4.78, 5) is 18.8. The monoisotopic (exact) mass is 360 g/mol. The predicted molar refractivity (Wildman–Crippen MR) is 88.9 cm³/mol. The normalized spacial score (nSPS) is 14.3. The first-order chi connectivity index (χ1) is 12.4. The van der Waals surface area contributed by atoms with E-state index in [4.69, 9.17) is 0 Å². The number of hydrogen-bond donors (Lipinski definition) is 0. The maximum atomic E-state index is 13.4. The molecule has 9 heteroatoms. The second kappa shape index (κ2) is 6.15. The Hall–Kier alpha value is -2.84. The molecule has 1 saturated carbocycles. The van der Waals surface area contributed by atoms with Gasteiger partial charge in [0.2, 0.25) is 0 Å². The number of halogens is 2. The van der Waals surface area contributed by atoms with Crippen molar-refractivity contribution in [2.45, 2.75) is 31.7 Å². The van der Waals surface area contributed by atoms with Crippen LogP contribution in [0.2, 0.25) is 0 Å². The van der Waals surface area contributed by atoms with E-state index in [1.54, 1.807) is 25.0 Å². The third kappa shape index (κ3) is 2.93. The SMILES string of the molecule is CN(Cc1cnn(C)c1)C(=O)c1cnn2c(C(F)F)cc(C3CC3)nc12. The van der Waals surface area contributed by atoms with E-state index < -0.39 is 6.43 Å². The van der Waals surface area contributed by atoms with Gasteiger partial charge < -0.3 is 4.90 Å². The van der Waals surface area contributed by atoms with Gasteiger partial charge in [-0.2, -0.15) is 10.2 Å². The Labute approximate surface area is 148 Å². The maximum Gasteiger partial charge on any atom is 0.280 e. The summed E-state index contributed by atoms with van der Waals surface area (Å²) in [5.74, 6) is -0.118. The summed E-state index contributed by atoms with van der Waals surface area (Å²) in [5.41, 5.74) is 1.66. The lowest BCUT2D eigenvalue weighted by molar-refractivity contribution is 0.0786. The second-order valence-corrected chi connectivity index (χ2v) is 6.66. The van der Waals surface area contributed by atoms with Gasteiger partial charge in [0.15, 0.2) is 5.65 Å². The third-order valence-electron chi connectivity index (χ3n) is 4.49. The third-order valence-corrected chi connectivity index (χ3v) is 4.49. The number of aromatic nitrogens is 5. The van der Waals surface area contributed by atoms with Crippen molar-refractivity contribution in [3.63, 3.8) is 0 Å². The molecule has 0 atom stereocenters. The molecule has 0 aromatic carbocycles. The van der Waals surface area contributed by atoms with Gasteiger partial charge >= 0.3 is 0 Å². The van der Waals surface area contributed by atoms with Crippen molar-refractivity contribution < 1.29 is 13.6 Å². The van der Waals surface area contributed by atoms with E-state index in [-0.39, 0.29) is 28.7 Å². The van der Waals surface area contributed by atoms with Gasteiger partial charge in [-0.3, -0.25) is 9.48 Å². The highest BCUT2D eigenvalue weighted by Crippen LogP contribution is 2.40. The minimum absolute atomic E-state index is 0.188. The van der Waals surface area contributed by atoms with Gasteiger partial charge in [-0.05, 0) is 18.9 Å². The quantitative estimate of drug-likeness (QED) is 0.701. The summed E-state index contributed by atoms with van der Waals surface area (Å²) < 4.78 is 29.6. The molecule has 26 heavy (non-hydrogen) atoms. The zero-order valence-electron chi connectivity index (χ0n) is 14.4. The highest BCUT2D eigenvalue weighted by Gasteiger charge is 2.29. The van der Waals surface area contributed by atoms with Crippen LogP contribution in [0.1, 0.15) is 52.5 Å². The fraction of sp³-hybridized carbons (Fsp3) is 0.412. The van der Waals surface area contributed by atoms with E-state index >= 15 is 0 Å². The Bertz CT molecular complexity index is 975. The molecule has 0 spiro atoms. The van der Waals surface area contributed by atoms with Crippen LogP contribution in [0.4, 0.5) is 8.78 Å². The van der Waals surface area contributed by atoms with Gasteiger partial charge in [0.05, 0.1) is 12.4 Å². The van der Waals surface area contributed by atoms with Crippen molar-refractivity contribution in [2.75, 3.05) is 7.05 Å². The summed E-state index contributed by atoms with van der Waals surface area (Å²) in [5, 5.41) is 8.06. The van der Waals surface area contributed by atoms with E-state index in [0.717, 1.165) is 22.9 Å². The average molecular weight is 360 g/mol. The molecule has 1 fully saturated rings. The molecule has 1 aliphatic rings. The molecule has 0 unspecified atom stereocenters. The molecule has 3 aromatic heterocycles. The minimum Gasteiger partial charge on any atom is -0.337 e. The van der Waals surface area contributed by atoms with Crippen LogP contribution in [0, 0.1) is 0 Å². The van der Waals surface area contributed by atoms with Gasteiger partial charge in [-0.25, -0.2) is 18.3 Å². The Balaban J connectivity index is 1.70. The molecular weight excluding hydrogens is 342 g/mol. The van der Waals surface area contributed by atoms with Crippen molar-refractivity contribution in [3.05, 3.63) is 47.2 Å². The lowest BCUT2D eigenvalue weighted by Crippen LogP contribution is -2.26. The van der Waals surface area contributed by atoms with Crippen LogP contribution < -0.4 is 0 Å². The van der Waals surface area contributed by atoms with Gasteiger partial charge in [-0.15, -0.1) is 0 Å². The van der Waals surface area contributed by atoms with Crippen molar-refractivity contribution in [1.82, 2.24) is 29.3 Å². The number of carbonyl (C=O) groups excluding carboxylic acids is 1. The van der Waals surface area contributed by atoms with Gasteiger partial charge in [0.1, 0.15) is 11.3 Å². The molecule has 7 nitrogen and oxygen atoms in total. The molecule has 1 aliphatic carbocycles. The van der Waals surface area contributed by atoms with E-state index in [1.165, 1.54) is 17.2 Å². The second-order valence-electron chi connectivity index (χ2n) is 6.66. The first-order valence-electron chi connectivity index (χ1n) is 8.33. The highest BCUT2D eigenvalue weighted by atomic mass is 19.3. The summed E-state index contributed by atoms with van der Waals surface area (Å²) in [6.45, 7) is 0.355. The standard InChI is InChI=1S/C17H18F2N6O/c1-23(8-10-6-20-24(2)9-10)17(26)12-7-21-25-14(15(18)19)5-13(11-3-4-11)22-16(12)25/h5-7,9,11,15H,3-4,8H2,1-2H3. The fourth-order valence-electron chi connectivity index (χ4n) is 3.01. The minimum atomic E-state index is -2.69. The molecule has 0 saturated heterocycles. The lowest BCUT2D eigenvalue weighted by atomic mass is 10.2. The van der Waals surface area contributed by atoms with Crippen LogP contribution in [0.15, 0.2) is 24.7 Å². The smallest absolute Gasteiger partial charge is 0.280 e. The molecule has 0 bridgehead atoms. The Kier molecular flexibility index (Phi) is 3.93. The van der Waals surface area contributed by atoms with Gasteiger partial charge in [0.25, 0.3) is 12.3 Å². The molecular formula is C17H18F2N6O. The molecule has 3 aromatic rings. The van der Waals surface area contributed by atoms with Crippen LogP contribution in [0.25, 0.3) is 5.65 Å². The summed E-state index contributed by atoms with van der Waals surface area (Å²) in [6.07, 6.45) is 3.99. The van der Waals surface area contributed by atoms with Crippen LogP contribution >= 0.6 is 0 Å². The zero-order chi connectivity index (χ0) is 18.4. The highest BCUT2D eigenvalue weighted by molar-refractivity contribution is 5.99. The van der Waals surface area contributed by atoms with Gasteiger partial charge in [0, 0.05) is 44.0 Å². The largest absolute Gasteiger partial charge is 0.337 e. The van der Waals surface area contributed by atoms with Gasteiger partial charge in [-0.1, -0.05) is 0 Å². The van der Waals surface area contributed by atoms with E-state index in [2.05, 4.69) is 15.2 Å². The number of nitrogens with zero attached hydrogens (tertiary/aromatic N) is 6. The van der Waals surface area contributed by atoms with Crippen LogP contribution in [0.3, 0.4) is 0 Å². The first-order valence-corrected chi connectivity index (χ1v) is 8.33. The van der Waals surface area contributed by atoms with Crippen LogP contribution in [-0.2, 0) is 13.6 Å².